The normalized spacial score (nSPS) is 11.9. The summed E-state index contributed by atoms with van der Waals surface area (Å²) in [5.74, 6) is -0.473. The largest absolute Gasteiger partial charge is 0.456 e. The first-order valence-corrected chi connectivity index (χ1v) is 9.81. The van der Waals surface area contributed by atoms with E-state index in [0.717, 1.165) is 11.1 Å². The third-order valence-electron chi connectivity index (χ3n) is 4.33. The molecule has 0 saturated heterocycles. The van der Waals surface area contributed by atoms with E-state index in [1.54, 1.807) is 12.1 Å². The lowest BCUT2D eigenvalue weighted by Crippen LogP contribution is -2.26. The number of benzene rings is 3. The van der Waals surface area contributed by atoms with Crippen LogP contribution in [0.4, 0.5) is 0 Å². The van der Waals surface area contributed by atoms with Gasteiger partial charge in [-0.15, -0.1) is 11.6 Å². The maximum Gasteiger partial charge on any atom is 0.340 e. The maximum absolute atomic E-state index is 12.7. The molecule has 2 nitrogen and oxygen atoms in total. The Labute approximate surface area is 176 Å². The van der Waals surface area contributed by atoms with Gasteiger partial charge >= 0.3 is 5.97 Å². The SMILES string of the molecule is CC(C)(C)OC(=O)c1cccc(C(Cl)(c2ccccc2)c2ccccc2)c1Cl. The Bertz CT molecular complexity index is 921. The minimum absolute atomic E-state index is 0.291. The van der Waals surface area contributed by atoms with Crippen molar-refractivity contribution in [2.75, 3.05) is 0 Å². The van der Waals surface area contributed by atoms with Gasteiger partial charge in [-0.2, -0.15) is 0 Å². The van der Waals surface area contributed by atoms with Crippen molar-refractivity contribution < 1.29 is 9.53 Å². The van der Waals surface area contributed by atoms with Crippen LogP contribution in [-0.4, -0.2) is 11.6 Å². The lowest BCUT2D eigenvalue weighted by Gasteiger charge is -2.30. The molecule has 0 radical (unpaired) electrons. The quantitative estimate of drug-likeness (QED) is 0.266. The van der Waals surface area contributed by atoms with Crippen LogP contribution in [0.15, 0.2) is 78.9 Å². The van der Waals surface area contributed by atoms with Gasteiger partial charge in [0.1, 0.15) is 10.5 Å². The molecule has 0 heterocycles. The zero-order valence-corrected chi connectivity index (χ0v) is 17.6. The number of ether oxygens (including phenoxy) is 1. The van der Waals surface area contributed by atoms with Gasteiger partial charge in [0.25, 0.3) is 0 Å². The fourth-order valence-corrected chi connectivity index (χ4v) is 3.90. The molecular formula is C24H22Cl2O2. The van der Waals surface area contributed by atoms with Gasteiger partial charge in [-0.3, -0.25) is 0 Å². The van der Waals surface area contributed by atoms with Crippen molar-refractivity contribution in [3.8, 4) is 0 Å². The van der Waals surface area contributed by atoms with Crippen molar-refractivity contribution in [1.29, 1.82) is 0 Å². The van der Waals surface area contributed by atoms with Crippen molar-refractivity contribution >= 4 is 29.2 Å². The van der Waals surface area contributed by atoms with Crippen LogP contribution in [0.3, 0.4) is 0 Å². The molecule has 3 aromatic carbocycles. The Morgan fingerprint density at radius 3 is 1.75 bits per heavy atom. The summed E-state index contributed by atoms with van der Waals surface area (Å²) in [4.78, 5) is 11.6. The van der Waals surface area contributed by atoms with Gasteiger partial charge < -0.3 is 4.74 Å². The van der Waals surface area contributed by atoms with Gasteiger partial charge in [-0.05, 0) is 38.0 Å². The molecule has 144 valence electrons. The zero-order valence-electron chi connectivity index (χ0n) is 16.1. The summed E-state index contributed by atoms with van der Waals surface area (Å²) in [6.07, 6.45) is 0. The van der Waals surface area contributed by atoms with Crippen molar-refractivity contribution in [2.45, 2.75) is 31.2 Å². The molecule has 0 aromatic heterocycles. The van der Waals surface area contributed by atoms with Gasteiger partial charge in [0.15, 0.2) is 0 Å². The maximum atomic E-state index is 12.7. The highest BCUT2D eigenvalue weighted by Crippen LogP contribution is 2.46. The molecule has 0 unspecified atom stereocenters. The first-order valence-electron chi connectivity index (χ1n) is 9.06. The molecule has 0 fully saturated rings. The molecular weight excluding hydrogens is 391 g/mol. The van der Waals surface area contributed by atoms with Crippen LogP contribution in [0.2, 0.25) is 5.02 Å². The monoisotopic (exact) mass is 412 g/mol. The zero-order chi connectivity index (χ0) is 20.4. The second-order valence-corrected chi connectivity index (χ2v) is 8.50. The summed E-state index contributed by atoms with van der Waals surface area (Å²) in [5, 5.41) is 0.291. The molecule has 4 heteroatoms. The molecule has 28 heavy (non-hydrogen) atoms. The summed E-state index contributed by atoms with van der Waals surface area (Å²) in [6.45, 7) is 5.47. The van der Waals surface area contributed by atoms with Crippen LogP contribution < -0.4 is 0 Å². The number of esters is 1. The molecule has 0 amide bonds. The second kappa shape index (κ2) is 7.98. The first kappa shape index (κ1) is 20.4. The predicted octanol–water partition coefficient (Wildman–Crippen LogP) is 6.83. The van der Waals surface area contributed by atoms with Crippen LogP contribution in [-0.2, 0) is 9.61 Å². The molecule has 0 aliphatic rings. The van der Waals surface area contributed by atoms with Crippen molar-refractivity contribution in [3.63, 3.8) is 0 Å². The van der Waals surface area contributed by atoms with Crippen molar-refractivity contribution in [1.82, 2.24) is 0 Å². The van der Waals surface area contributed by atoms with Gasteiger partial charge in [0.05, 0.1) is 10.6 Å². The number of carbonyl (C=O) groups is 1. The first-order chi connectivity index (χ1) is 13.2. The minimum Gasteiger partial charge on any atom is -0.456 e. The number of rotatable bonds is 4. The second-order valence-electron chi connectivity index (χ2n) is 7.56. The molecule has 0 bridgehead atoms. The van der Waals surface area contributed by atoms with Crippen LogP contribution in [0.1, 0.15) is 47.8 Å². The van der Waals surface area contributed by atoms with E-state index in [1.807, 2.05) is 87.5 Å². The van der Waals surface area contributed by atoms with E-state index in [4.69, 9.17) is 27.9 Å². The van der Waals surface area contributed by atoms with E-state index in [2.05, 4.69) is 0 Å². The van der Waals surface area contributed by atoms with E-state index in [1.165, 1.54) is 0 Å². The van der Waals surface area contributed by atoms with Gasteiger partial charge in [0, 0.05) is 5.56 Å². The number of alkyl halides is 1. The Balaban J connectivity index is 2.20. The molecule has 0 saturated carbocycles. The Morgan fingerprint density at radius 1 is 0.786 bits per heavy atom. The van der Waals surface area contributed by atoms with Gasteiger partial charge in [-0.1, -0.05) is 84.4 Å². The highest BCUT2D eigenvalue weighted by atomic mass is 35.5. The number of hydrogen-bond donors (Lipinski definition) is 0. The standard InChI is InChI=1S/C24H22Cl2O2/c1-23(2,3)28-22(27)19-15-10-16-20(21(19)25)24(26,17-11-6-4-7-12-17)18-13-8-5-9-14-18/h4-16H,1-3H3. The minimum atomic E-state index is -1.04. The third-order valence-corrected chi connectivity index (χ3v) is 5.38. The Morgan fingerprint density at radius 2 is 1.29 bits per heavy atom. The fourth-order valence-electron chi connectivity index (χ4n) is 3.10. The number of carbonyl (C=O) groups excluding carboxylic acids is 1. The number of halogens is 2. The summed E-state index contributed by atoms with van der Waals surface area (Å²) in [7, 11) is 0. The van der Waals surface area contributed by atoms with E-state index in [9.17, 15) is 4.79 Å². The molecule has 0 aliphatic carbocycles. The summed E-state index contributed by atoms with van der Waals surface area (Å²) < 4.78 is 5.52. The van der Waals surface area contributed by atoms with Crippen molar-refractivity contribution in [2.24, 2.45) is 0 Å². The average molecular weight is 413 g/mol. The lowest BCUT2D eigenvalue weighted by molar-refractivity contribution is 0.00696. The summed E-state index contributed by atoms with van der Waals surface area (Å²) in [6, 6.07) is 24.7. The van der Waals surface area contributed by atoms with E-state index in [0.29, 0.717) is 16.1 Å². The molecule has 0 spiro atoms. The molecule has 0 aliphatic heterocycles. The van der Waals surface area contributed by atoms with Crippen LogP contribution >= 0.6 is 23.2 Å². The van der Waals surface area contributed by atoms with E-state index < -0.39 is 16.4 Å². The lowest BCUT2D eigenvalue weighted by atomic mass is 9.83. The molecule has 3 aromatic rings. The van der Waals surface area contributed by atoms with E-state index >= 15 is 0 Å². The van der Waals surface area contributed by atoms with Gasteiger partial charge in [-0.25, -0.2) is 4.79 Å². The highest BCUT2D eigenvalue weighted by Gasteiger charge is 2.37. The predicted molar refractivity (Wildman–Crippen MR) is 115 cm³/mol. The Kier molecular flexibility index (Phi) is 5.83. The summed E-state index contributed by atoms with van der Waals surface area (Å²) >= 11 is 14.0. The van der Waals surface area contributed by atoms with Crippen LogP contribution in [0.25, 0.3) is 0 Å². The highest BCUT2D eigenvalue weighted by molar-refractivity contribution is 6.37. The van der Waals surface area contributed by atoms with E-state index in [-0.39, 0.29) is 0 Å². The van der Waals surface area contributed by atoms with Crippen LogP contribution in [0.5, 0.6) is 0 Å². The summed E-state index contributed by atoms with van der Waals surface area (Å²) in [5.41, 5.74) is 2.05. The van der Waals surface area contributed by atoms with Gasteiger partial charge in [0.2, 0.25) is 0 Å². The van der Waals surface area contributed by atoms with Crippen molar-refractivity contribution in [3.05, 3.63) is 106 Å². The third kappa shape index (κ3) is 4.09. The molecule has 0 atom stereocenters. The average Bonchev–Trinajstić information content (AvgIpc) is 2.67. The topological polar surface area (TPSA) is 26.3 Å². The van der Waals surface area contributed by atoms with Crippen LogP contribution in [0, 0.1) is 0 Å². The Hall–Kier alpha value is -2.29. The molecule has 0 N–H and O–H groups in total. The smallest absolute Gasteiger partial charge is 0.340 e. The fraction of sp³-hybridized carbons (Fsp3) is 0.208. The number of hydrogen-bond acceptors (Lipinski definition) is 2. The molecule has 3 rings (SSSR count).